The van der Waals surface area contributed by atoms with Crippen molar-refractivity contribution in [2.24, 2.45) is 5.73 Å². The summed E-state index contributed by atoms with van der Waals surface area (Å²) in [7, 11) is 0. The maximum absolute atomic E-state index is 12.9. The first-order chi connectivity index (χ1) is 16.7. The van der Waals surface area contributed by atoms with E-state index in [1.165, 1.54) is 11.1 Å². The van der Waals surface area contributed by atoms with Gasteiger partial charge >= 0.3 is 5.97 Å². The fourth-order valence-electron chi connectivity index (χ4n) is 4.96. The lowest BCUT2D eigenvalue weighted by Crippen LogP contribution is -2.22. The summed E-state index contributed by atoms with van der Waals surface area (Å²) in [5.41, 5.74) is 14.0. The quantitative estimate of drug-likeness (QED) is 0.423. The zero-order valence-electron chi connectivity index (χ0n) is 20.9. The highest BCUT2D eigenvalue weighted by molar-refractivity contribution is 5.91. The Kier molecular flexibility index (Phi) is 7.04. The van der Waals surface area contributed by atoms with E-state index in [1.54, 1.807) is 26.0 Å². The van der Waals surface area contributed by atoms with Crippen molar-refractivity contribution in [2.45, 2.75) is 52.0 Å². The van der Waals surface area contributed by atoms with Crippen molar-refractivity contribution in [1.82, 2.24) is 0 Å². The van der Waals surface area contributed by atoms with Crippen LogP contribution in [0.5, 0.6) is 0 Å². The first-order valence-corrected chi connectivity index (χ1v) is 12.2. The molecule has 0 spiro atoms. The molecule has 3 aromatic rings. The van der Waals surface area contributed by atoms with Gasteiger partial charge in [-0.2, -0.15) is 0 Å². The summed E-state index contributed by atoms with van der Waals surface area (Å²) >= 11 is 0. The molecule has 4 heteroatoms. The Labute approximate surface area is 207 Å². The number of hydrogen-bond acceptors (Lipinski definition) is 4. The number of ether oxygens (including phenoxy) is 1. The fourth-order valence-corrected chi connectivity index (χ4v) is 4.96. The molecule has 0 amide bonds. The molecule has 3 aromatic carbocycles. The maximum atomic E-state index is 12.9. The Morgan fingerprint density at radius 1 is 1.00 bits per heavy atom. The minimum atomic E-state index is -0.418. The molecule has 2 N–H and O–H groups in total. The third-order valence-corrected chi connectivity index (χ3v) is 6.85. The molecule has 0 saturated heterocycles. The van der Waals surface area contributed by atoms with E-state index in [9.17, 15) is 9.59 Å². The molecular formula is C31H33NO3. The highest BCUT2D eigenvalue weighted by Crippen LogP contribution is 2.43. The van der Waals surface area contributed by atoms with Crippen molar-refractivity contribution < 1.29 is 14.3 Å². The predicted molar refractivity (Wildman–Crippen MR) is 140 cm³/mol. The third-order valence-electron chi connectivity index (χ3n) is 6.85. The molecule has 0 aliphatic heterocycles. The van der Waals surface area contributed by atoms with Crippen molar-refractivity contribution in [3.05, 3.63) is 112 Å². The molecule has 1 atom stereocenters. The molecule has 0 fully saturated rings. The van der Waals surface area contributed by atoms with Crippen molar-refractivity contribution in [3.63, 3.8) is 0 Å². The molecule has 0 bridgehead atoms. The molecule has 1 aliphatic rings. The van der Waals surface area contributed by atoms with E-state index in [0.717, 1.165) is 34.2 Å². The third kappa shape index (κ3) is 4.98. The van der Waals surface area contributed by atoms with Gasteiger partial charge in [-0.05, 0) is 88.9 Å². The number of allylic oxidation sites excluding steroid dienone is 1. The van der Waals surface area contributed by atoms with Gasteiger partial charge in [-0.3, -0.25) is 4.79 Å². The summed E-state index contributed by atoms with van der Waals surface area (Å²) in [6.45, 7) is 8.73. The molecular weight excluding hydrogens is 434 g/mol. The van der Waals surface area contributed by atoms with Crippen LogP contribution in [-0.4, -0.2) is 18.4 Å². The molecule has 1 aliphatic carbocycles. The first kappa shape index (κ1) is 24.6. The Balaban J connectivity index is 1.79. The lowest BCUT2D eigenvalue weighted by molar-refractivity contribution is -0.117. The minimum Gasteiger partial charge on any atom is -0.462 e. The normalized spacial score (nSPS) is 15.1. The van der Waals surface area contributed by atoms with Crippen LogP contribution in [-0.2, 0) is 21.5 Å². The van der Waals surface area contributed by atoms with Gasteiger partial charge in [-0.1, -0.05) is 62.4 Å². The largest absolute Gasteiger partial charge is 0.462 e. The average Bonchev–Trinajstić information content (AvgIpc) is 2.84. The summed E-state index contributed by atoms with van der Waals surface area (Å²) in [4.78, 5) is 24.9. The Bertz CT molecular complexity index is 1280. The van der Waals surface area contributed by atoms with Gasteiger partial charge in [0.15, 0.2) is 0 Å². The number of benzene rings is 3. The number of nitrogens with two attached hydrogens (primary N) is 1. The van der Waals surface area contributed by atoms with Crippen molar-refractivity contribution in [1.29, 1.82) is 0 Å². The average molecular weight is 468 g/mol. The van der Waals surface area contributed by atoms with Crippen LogP contribution in [0.4, 0.5) is 0 Å². The van der Waals surface area contributed by atoms with Gasteiger partial charge in [0.1, 0.15) is 5.78 Å². The smallest absolute Gasteiger partial charge is 0.338 e. The monoisotopic (exact) mass is 467 g/mol. The van der Waals surface area contributed by atoms with Gasteiger partial charge < -0.3 is 10.5 Å². The van der Waals surface area contributed by atoms with E-state index in [2.05, 4.69) is 50.3 Å². The molecule has 0 radical (unpaired) electrons. The molecule has 0 heterocycles. The van der Waals surface area contributed by atoms with Crippen LogP contribution < -0.4 is 5.73 Å². The summed E-state index contributed by atoms with van der Waals surface area (Å²) in [5.74, 6) is -0.721. The Morgan fingerprint density at radius 2 is 1.71 bits per heavy atom. The Hall–Kier alpha value is -3.50. The second-order valence-corrected chi connectivity index (χ2v) is 9.80. The van der Waals surface area contributed by atoms with Crippen LogP contribution in [0.15, 0.2) is 72.8 Å². The maximum Gasteiger partial charge on any atom is 0.338 e. The molecule has 4 nitrogen and oxygen atoms in total. The molecule has 0 saturated carbocycles. The van der Waals surface area contributed by atoms with E-state index in [4.69, 9.17) is 10.5 Å². The summed E-state index contributed by atoms with van der Waals surface area (Å²) in [6.07, 6.45) is 3.24. The number of carbonyl (C=O) groups excluding carboxylic acids is 2. The second kappa shape index (κ2) is 10.0. The summed E-state index contributed by atoms with van der Waals surface area (Å²) < 4.78 is 5.09. The molecule has 0 aromatic heterocycles. The van der Waals surface area contributed by atoms with Crippen LogP contribution >= 0.6 is 0 Å². The van der Waals surface area contributed by atoms with E-state index in [-0.39, 0.29) is 17.2 Å². The first-order valence-electron chi connectivity index (χ1n) is 12.2. The van der Waals surface area contributed by atoms with Crippen LogP contribution in [0.25, 0.3) is 5.57 Å². The molecule has 1 unspecified atom stereocenters. The van der Waals surface area contributed by atoms with Gasteiger partial charge in [0.05, 0.1) is 18.1 Å². The van der Waals surface area contributed by atoms with Gasteiger partial charge in [0.25, 0.3) is 0 Å². The second-order valence-electron chi connectivity index (χ2n) is 9.80. The number of rotatable bonds is 7. The van der Waals surface area contributed by atoms with Crippen LogP contribution in [0.2, 0.25) is 0 Å². The fraction of sp³-hybridized carbons (Fsp3) is 0.290. The predicted octanol–water partition coefficient (Wildman–Crippen LogP) is 6.16. The SMILES string of the molecule is CCOC(=O)c1ccc(C(C(C)=O)c2ccc3c(c2)C(c2cccc(CN)c2)=CCC3(C)C)cc1. The molecule has 35 heavy (non-hydrogen) atoms. The standard InChI is InChI=1S/C31H33NO3/c1-5-35-30(34)23-11-9-22(10-12-23)29(20(2)33)25-13-14-28-27(18-25)26(15-16-31(28,3)4)24-8-6-7-21(17-24)19-32/h6-15,17-18,29H,5,16,19,32H2,1-4H3. The highest BCUT2D eigenvalue weighted by atomic mass is 16.5. The number of fused-ring (bicyclic) bond motifs is 1. The van der Waals surface area contributed by atoms with E-state index < -0.39 is 5.92 Å². The van der Waals surface area contributed by atoms with E-state index in [1.807, 2.05) is 24.3 Å². The van der Waals surface area contributed by atoms with E-state index >= 15 is 0 Å². The van der Waals surface area contributed by atoms with Crippen molar-refractivity contribution in [3.8, 4) is 0 Å². The van der Waals surface area contributed by atoms with Gasteiger partial charge in [0.2, 0.25) is 0 Å². The summed E-state index contributed by atoms with van der Waals surface area (Å²) in [6, 6.07) is 21.9. The van der Waals surface area contributed by atoms with Crippen LogP contribution in [0.1, 0.15) is 83.8 Å². The Morgan fingerprint density at radius 3 is 2.37 bits per heavy atom. The zero-order valence-corrected chi connectivity index (χ0v) is 20.9. The van der Waals surface area contributed by atoms with Gasteiger partial charge in [-0.25, -0.2) is 4.79 Å². The number of ketones is 1. The van der Waals surface area contributed by atoms with E-state index in [0.29, 0.717) is 18.7 Å². The molecule has 4 rings (SSSR count). The van der Waals surface area contributed by atoms with Crippen molar-refractivity contribution >= 4 is 17.3 Å². The number of hydrogen-bond donors (Lipinski definition) is 1. The number of Topliss-reactive ketones (excluding diaryl/α,β-unsaturated/α-hetero) is 1. The number of esters is 1. The van der Waals surface area contributed by atoms with Gasteiger partial charge in [0, 0.05) is 6.54 Å². The lowest BCUT2D eigenvalue weighted by Gasteiger charge is -2.33. The van der Waals surface area contributed by atoms with Crippen molar-refractivity contribution in [2.75, 3.05) is 6.61 Å². The zero-order chi connectivity index (χ0) is 25.2. The lowest BCUT2D eigenvalue weighted by atomic mass is 9.71. The highest BCUT2D eigenvalue weighted by Gasteiger charge is 2.30. The van der Waals surface area contributed by atoms with Gasteiger partial charge in [-0.15, -0.1) is 0 Å². The number of carbonyl (C=O) groups is 2. The summed E-state index contributed by atoms with van der Waals surface area (Å²) in [5, 5.41) is 0. The van der Waals surface area contributed by atoms with Crippen LogP contribution in [0.3, 0.4) is 0 Å². The minimum absolute atomic E-state index is 0.00412. The molecule has 180 valence electrons. The topological polar surface area (TPSA) is 69.4 Å². The van der Waals surface area contributed by atoms with Crippen LogP contribution in [0, 0.1) is 0 Å².